The molecule has 4 rings (SSSR count). The number of fused-ring (bicyclic) bond motifs is 1. The highest BCUT2D eigenvalue weighted by Gasteiger charge is 2.30. The molecule has 0 saturated carbocycles. The fourth-order valence-electron chi connectivity index (χ4n) is 3.60. The zero-order valence-electron chi connectivity index (χ0n) is 15.9. The number of rotatable bonds is 2. The molecule has 1 fully saturated rings. The number of thioether (sulfide) groups is 1. The molecule has 136 valence electrons. The zero-order chi connectivity index (χ0) is 19.1. The highest BCUT2D eigenvalue weighted by molar-refractivity contribution is 8.18. The van der Waals surface area contributed by atoms with Crippen LogP contribution in [0.1, 0.15) is 17.0 Å². The second-order valence-corrected chi connectivity index (χ2v) is 7.65. The Hall–Kier alpha value is -2.79. The molecule has 0 atom stereocenters. The lowest BCUT2D eigenvalue weighted by Gasteiger charge is -2.13. The van der Waals surface area contributed by atoms with Crippen LogP contribution in [0, 0.1) is 13.8 Å². The van der Waals surface area contributed by atoms with Gasteiger partial charge in [0.15, 0.2) is 5.17 Å². The number of carbonyl (C=O) groups excluding carboxylic acids is 1. The number of likely N-dealkylation sites (N-methyl/N-ethyl adjacent to an activating group) is 1. The highest BCUT2D eigenvalue weighted by atomic mass is 32.2. The molecule has 1 saturated heterocycles. The third-order valence-corrected chi connectivity index (χ3v) is 6.11. The van der Waals surface area contributed by atoms with Crippen molar-refractivity contribution in [3.8, 4) is 5.69 Å². The Morgan fingerprint density at radius 2 is 1.81 bits per heavy atom. The predicted octanol–water partition coefficient (Wildman–Crippen LogP) is 4.78. The molecule has 0 spiro atoms. The number of benzene rings is 2. The van der Waals surface area contributed by atoms with E-state index in [0.717, 1.165) is 27.8 Å². The van der Waals surface area contributed by atoms with Gasteiger partial charge in [-0.3, -0.25) is 14.7 Å². The monoisotopic (exact) mass is 375 g/mol. The summed E-state index contributed by atoms with van der Waals surface area (Å²) in [6.07, 6.45) is 1.98. The van der Waals surface area contributed by atoms with Gasteiger partial charge in [-0.1, -0.05) is 36.4 Å². The van der Waals surface area contributed by atoms with Crippen molar-refractivity contribution in [2.45, 2.75) is 13.8 Å². The van der Waals surface area contributed by atoms with Gasteiger partial charge in [-0.15, -0.1) is 0 Å². The molecule has 1 aromatic heterocycles. The lowest BCUT2D eigenvalue weighted by atomic mass is 10.1. The van der Waals surface area contributed by atoms with Crippen LogP contribution in [0.25, 0.3) is 22.5 Å². The molecule has 1 aliphatic rings. The van der Waals surface area contributed by atoms with E-state index in [1.807, 2.05) is 6.08 Å². The van der Waals surface area contributed by atoms with Gasteiger partial charge in [-0.05, 0) is 54.8 Å². The first kappa shape index (κ1) is 17.6. The van der Waals surface area contributed by atoms with Crippen molar-refractivity contribution in [1.82, 2.24) is 9.47 Å². The lowest BCUT2D eigenvalue weighted by molar-refractivity contribution is -0.121. The van der Waals surface area contributed by atoms with E-state index >= 15 is 0 Å². The summed E-state index contributed by atoms with van der Waals surface area (Å²) in [6.45, 7) is 4.20. The molecule has 2 heterocycles. The van der Waals surface area contributed by atoms with Crippen molar-refractivity contribution < 1.29 is 4.79 Å². The van der Waals surface area contributed by atoms with Gasteiger partial charge in [0.1, 0.15) is 0 Å². The molecule has 1 amide bonds. The molecule has 0 unspecified atom stereocenters. The Balaban J connectivity index is 1.84. The standard InChI is InChI=1S/C22H21N3OS/c1-14-12-17(13-20-21(26)24(4)22(23-3)27-20)15(2)25(14)19-11-7-9-16-8-5-6-10-18(16)19/h5-13H,1-4H3/b20-13+,23-22?. The fourth-order valence-corrected chi connectivity index (χ4v) is 4.52. The maximum atomic E-state index is 12.5. The third kappa shape index (κ3) is 2.88. The van der Waals surface area contributed by atoms with Gasteiger partial charge in [0.05, 0.1) is 10.6 Å². The van der Waals surface area contributed by atoms with Crippen LogP contribution in [0.4, 0.5) is 0 Å². The third-order valence-electron chi connectivity index (χ3n) is 4.96. The van der Waals surface area contributed by atoms with E-state index in [4.69, 9.17) is 0 Å². The SMILES string of the molecule is CN=C1S/C(=C/c2cc(C)n(-c3cccc4ccccc34)c2C)C(=O)N1C. The summed E-state index contributed by atoms with van der Waals surface area (Å²) in [7, 11) is 3.47. The van der Waals surface area contributed by atoms with Crippen molar-refractivity contribution in [2.24, 2.45) is 4.99 Å². The van der Waals surface area contributed by atoms with E-state index in [9.17, 15) is 4.79 Å². The van der Waals surface area contributed by atoms with E-state index < -0.39 is 0 Å². The Labute approximate surface area is 163 Å². The van der Waals surface area contributed by atoms with E-state index in [0.29, 0.717) is 4.91 Å². The Morgan fingerprint density at radius 1 is 1.07 bits per heavy atom. The number of aliphatic imine (C=N–C) groups is 1. The van der Waals surface area contributed by atoms with E-state index in [1.165, 1.54) is 22.5 Å². The van der Waals surface area contributed by atoms with Crippen molar-refractivity contribution in [2.75, 3.05) is 14.1 Å². The molecule has 4 nitrogen and oxygen atoms in total. The summed E-state index contributed by atoms with van der Waals surface area (Å²) in [5, 5.41) is 3.16. The minimum absolute atomic E-state index is 0.00411. The number of hydrogen-bond donors (Lipinski definition) is 0. The van der Waals surface area contributed by atoms with Crippen LogP contribution in [-0.2, 0) is 4.79 Å². The van der Waals surface area contributed by atoms with Gasteiger partial charge in [-0.25, -0.2) is 0 Å². The summed E-state index contributed by atoms with van der Waals surface area (Å²) in [6, 6.07) is 16.9. The average molecular weight is 375 g/mol. The van der Waals surface area contributed by atoms with Crippen LogP contribution in [0.5, 0.6) is 0 Å². The quantitative estimate of drug-likeness (QED) is 0.605. The van der Waals surface area contributed by atoms with Gasteiger partial charge in [-0.2, -0.15) is 0 Å². The van der Waals surface area contributed by atoms with Crippen LogP contribution >= 0.6 is 11.8 Å². The first-order valence-corrected chi connectivity index (χ1v) is 9.64. The van der Waals surface area contributed by atoms with Gasteiger partial charge in [0.2, 0.25) is 0 Å². The summed E-state index contributed by atoms with van der Waals surface area (Å²) in [4.78, 5) is 19.0. The number of amides is 1. The van der Waals surface area contributed by atoms with Crippen LogP contribution in [0.2, 0.25) is 0 Å². The van der Waals surface area contributed by atoms with E-state index in [2.05, 4.69) is 71.9 Å². The molecular formula is C22H21N3OS. The van der Waals surface area contributed by atoms with Gasteiger partial charge < -0.3 is 4.57 Å². The summed E-state index contributed by atoms with van der Waals surface area (Å²) in [5.74, 6) is -0.00411. The van der Waals surface area contributed by atoms with E-state index in [-0.39, 0.29) is 5.91 Å². The molecule has 0 aliphatic carbocycles. The molecule has 1 aliphatic heterocycles. The maximum absolute atomic E-state index is 12.5. The largest absolute Gasteiger partial charge is 0.317 e. The van der Waals surface area contributed by atoms with Crippen molar-refractivity contribution in [3.63, 3.8) is 0 Å². The van der Waals surface area contributed by atoms with Crippen LogP contribution in [-0.4, -0.2) is 34.6 Å². The highest BCUT2D eigenvalue weighted by Crippen LogP contribution is 2.33. The topological polar surface area (TPSA) is 37.6 Å². The number of aryl methyl sites for hydroxylation is 1. The molecule has 0 N–H and O–H groups in total. The Bertz CT molecular complexity index is 1120. The van der Waals surface area contributed by atoms with Crippen molar-refractivity contribution >= 4 is 39.7 Å². The second-order valence-electron chi connectivity index (χ2n) is 6.64. The smallest absolute Gasteiger partial charge is 0.266 e. The second kappa shape index (κ2) is 6.74. The van der Waals surface area contributed by atoms with Crippen LogP contribution in [0.15, 0.2) is 58.4 Å². The minimum Gasteiger partial charge on any atom is -0.317 e. The number of nitrogens with zero attached hydrogens (tertiary/aromatic N) is 3. The molecule has 2 aromatic carbocycles. The van der Waals surface area contributed by atoms with Crippen molar-refractivity contribution in [1.29, 1.82) is 0 Å². The normalized spacial score (nSPS) is 17.6. The molecule has 3 aromatic rings. The maximum Gasteiger partial charge on any atom is 0.266 e. The summed E-state index contributed by atoms with van der Waals surface area (Å²) in [5.41, 5.74) is 4.48. The predicted molar refractivity (Wildman–Crippen MR) is 114 cm³/mol. The van der Waals surface area contributed by atoms with Gasteiger partial charge in [0, 0.05) is 30.9 Å². The number of amidine groups is 1. The van der Waals surface area contributed by atoms with Crippen LogP contribution < -0.4 is 0 Å². The summed E-state index contributed by atoms with van der Waals surface area (Å²) >= 11 is 1.42. The van der Waals surface area contributed by atoms with Crippen molar-refractivity contribution in [3.05, 3.63) is 70.4 Å². The Morgan fingerprint density at radius 3 is 2.56 bits per heavy atom. The fraction of sp³-hybridized carbons (Fsp3) is 0.182. The number of hydrogen-bond acceptors (Lipinski definition) is 3. The molecule has 27 heavy (non-hydrogen) atoms. The number of aromatic nitrogens is 1. The lowest BCUT2D eigenvalue weighted by Crippen LogP contribution is -2.23. The van der Waals surface area contributed by atoms with Gasteiger partial charge >= 0.3 is 0 Å². The van der Waals surface area contributed by atoms with Crippen LogP contribution in [0.3, 0.4) is 0 Å². The average Bonchev–Trinajstić information content (AvgIpc) is 3.11. The zero-order valence-corrected chi connectivity index (χ0v) is 16.7. The first-order valence-electron chi connectivity index (χ1n) is 8.82. The first-order chi connectivity index (χ1) is 13.0. The molecular weight excluding hydrogens is 354 g/mol. The molecule has 5 heteroatoms. The minimum atomic E-state index is -0.00411. The van der Waals surface area contributed by atoms with E-state index in [1.54, 1.807) is 19.0 Å². The summed E-state index contributed by atoms with van der Waals surface area (Å²) < 4.78 is 2.26. The number of carbonyl (C=O) groups is 1. The molecule has 0 bridgehead atoms. The Kier molecular flexibility index (Phi) is 4.40. The molecule has 0 radical (unpaired) electrons. The van der Waals surface area contributed by atoms with Gasteiger partial charge in [0.25, 0.3) is 5.91 Å².